The van der Waals surface area contributed by atoms with Gasteiger partial charge in [0, 0.05) is 25.3 Å². The first-order valence-corrected chi connectivity index (χ1v) is 8.33. The van der Waals surface area contributed by atoms with E-state index >= 15 is 0 Å². The van der Waals surface area contributed by atoms with E-state index in [4.69, 9.17) is 20.0 Å². The van der Waals surface area contributed by atoms with Gasteiger partial charge in [-0.2, -0.15) is 0 Å². The number of methoxy groups -OCH3 is 1. The maximum absolute atomic E-state index is 13.1. The highest BCUT2D eigenvalue weighted by Gasteiger charge is 2.73. The van der Waals surface area contributed by atoms with Crippen LogP contribution < -0.4 is 11.1 Å². The summed E-state index contributed by atoms with van der Waals surface area (Å²) in [5.41, 5.74) is 4.76. The fourth-order valence-electron chi connectivity index (χ4n) is 4.60. The van der Waals surface area contributed by atoms with Gasteiger partial charge in [0.2, 0.25) is 5.78 Å². The number of hydrogen-bond acceptors (Lipinski definition) is 9. The molecule has 1 unspecified atom stereocenters. The number of fused-ring (bicyclic) bond motifs is 4. The third kappa shape index (κ3) is 1.93. The second-order valence-electron chi connectivity index (χ2n) is 6.84. The molecule has 0 aromatic carbocycles. The number of hydrogen-bond donors (Lipinski definition) is 2. The topological polar surface area (TPSA) is 142 Å². The minimum Gasteiger partial charge on any atom is -0.449 e. The third-order valence-corrected chi connectivity index (χ3v) is 5.73. The number of nitrogens with one attached hydrogen (secondary N) is 1. The lowest BCUT2D eigenvalue weighted by Crippen LogP contribution is -2.55. The lowest BCUT2D eigenvalue weighted by atomic mass is 9.79. The molecule has 0 aromatic rings. The molecule has 140 valence electrons. The molecule has 3 N–H and O–H groups in total. The molecule has 0 radical (unpaired) electrons. The molecule has 3 heterocycles. The van der Waals surface area contributed by atoms with Crippen LogP contribution in [0.5, 0.6) is 0 Å². The van der Waals surface area contributed by atoms with Crippen LogP contribution in [0.1, 0.15) is 6.92 Å². The standard InChI is InChI=1S/C16H20N4O6/c1-6-10(19-25-3)13(22)9-7(5-26-15(17)23)16(24-2)14-8(18-14)4-20(16)11(9)12(6)21/h6-8,14,18H,4-5H2,1-3H3,(H2,17,23)/t6?,7-,8+,14+,16-/m1/s1. The average Bonchev–Trinajstić information content (AvgIpc) is 3.21. The fourth-order valence-corrected chi connectivity index (χ4v) is 4.60. The molecule has 0 spiro atoms. The Morgan fingerprint density at radius 3 is 2.77 bits per heavy atom. The molecule has 4 rings (SSSR count). The first kappa shape index (κ1) is 17.0. The van der Waals surface area contributed by atoms with E-state index < -0.39 is 29.4 Å². The molecule has 0 aromatic heterocycles. The van der Waals surface area contributed by atoms with Crippen LogP contribution in [-0.4, -0.2) is 73.5 Å². The number of ketones is 2. The van der Waals surface area contributed by atoms with Crippen molar-refractivity contribution in [1.29, 1.82) is 0 Å². The van der Waals surface area contributed by atoms with Crippen LogP contribution in [-0.2, 0) is 23.9 Å². The Hall–Kier alpha value is -2.46. The molecule has 1 aliphatic carbocycles. The van der Waals surface area contributed by atoms with Gasteiger partial charge in [-0.25, -0.2) is 4.79 Å². The van der Waals surface area contributed by atoms with Crippen LogP contribution in [0.2, 0.25) is 0 Å². The molecule has 26 heavy (non-hydrogen) atoms. The first-order chi connectivity index (χ1) is 12.4. The molecule has 2 saturated heterocycles. The smallest absolute Gasteiger partial charge is 0.404 e. The van der Waals surface area contributed by atoms with Crippen molar-refractivity contribution in [2.24, 2.45) is 22.7 Å². The minimum atomic E-state index is -0.974. The summed E-state index contributed by atoms with van der Waals surface area (Å²) >= 11 is 0. The molecule has 1 amide bonds. The Morgan fingerprint density at radius 1 is 1.42 bits per heavy atom. The number of ether oxygens (including phenoxy) is 2. The summed E-state index contributed by atoms with van der Waals surface area (Å²) in [5.74, 6) is -2.00. The Bertz CT molecular complexity index is 777. The second kappa shape index (κ2) is 5.52. The van der Waals surface area contributed by atoms with E-state index in [0.717, 1.165) is 0 Å². The zero-order chi connectivity index (χ0) is 18.8. The number of piperazine rings is 1. The SMILES string of the molecule is CON=C1C(=O)C2=C(C(=O)C1C)N1C[C@@H]3N[C@@H]3[C@]1(OC)[C@@H]2COC(N)=O. The molecular formula is C16H20N4O6. The summed E-state index contributed by atoms with van der Waals surface area (Å²) in [6.07, 6.45) is -0.955. The molecule has 10 nitrogen and oxygen atoms in total. The monoisotopic (exact) mass is 364 g/mol. The molecular weight excluding hydrogens is 344 g/mol. The predicted octanol–water partition coefficient (Wildman–Crippen LogP) is -1.25. The summed E-state index contributed by atoms with van der Waals surface area (Å²) < 4.78 is 10.9. The summed E-state index contributed by atoms with van der Waals surface area (Å²) in [7, 11) is 2.84. The Balaban J connectivity index is 1.85. The molecule has 0 saturated carbocycles. The Morgan fingerprint density at radius 2 is 2.15 bits per heavy atom. The lowest BCUT2D eigenvalue weighted by Gasteiger charge is -2.39. The van der Waals surface area contributed by atoms with Crippen molar-refractivity contribution in [2.75, 3.05) is 27.4 Å². The van der Waals surface area contributed by atoms with Gasteiger partial charge in [0.1, 0.15) is 19.4 Å². The maximum Gasteiger partial charge on any atom is 0.404 e. The van der Waals surface area contributed by atoms with Gasteiger partial charge in [-0.3, -0.25) is 9.59 Å². The van der Waals surface area contributed by atoms with E-state index in [1.807, 2.05) is 4.90 Å². The number of nitrogens with two attached hydrogens (primary N) is 1. The average molecular weight is 364 g/mol. The van der Waals surface area contributed by atoms with Gasteiger partial charge in [0.05, 0.1) is 23.6 Å². The van der Waals surface area contributed by atoms with Gasteiger partial charge in [-0.1, -0.05) is 5.16 Å². The van der Waals surface area contributed by atoms with E-state index in [0.29, 0.717) is 12.2 Å². The number of nitrogens with zero attached hydrogens (tertiary/aromatic N) is 2. The van der Waals surface area contributed by atoms with E-state index in [2.05, 4.69) is 10.5 Å². The number of rotatable bonds is 4. The van der Waals surface area contributed by atoms with Gasteiger partial charge in [-0.15, -0.1) is 0 Å². The van der Waals surface area contributed by atoms with Gasteiger partial charge in [0.15, 0.2) is 11.5 Å². The number of allylic oxidation sites excluding steroid dienone is 1. The number of oxime groups is 1. The molecule has 2 fully saturated rings. The highest BCUT2D eigenvalue weighted by Crippen LogP contribution is 2.55. The number of amides is 1. The summed E-state index contributed by atoms with van der Waals surface area (Å²) in [4.78, 5) is 43.9. The second-order valence-corrected chi connectivity index (χ2v) is 6.84. The van der Waals surface area contributed by atoms with E-state index in [1.54, 1.807) is 6.92 Å². The van der Waals surface area contributed by atoms with Crippen molar-refractivity contribution in [3.8, 4) is 0 Å². The van der Waals surface area contributed by atoms with Gasteiger partial charge in [-0.05, 0) is 6.92 Å². The van der Waals surface area contributed by atoms with Crippen molar-refractivity contribution < 1.29 is 28.7 Å². The van der Waals surface area contributed by atoms with Gasteiger partial charge in [0.25, 0.3) is 0 Å². The largest absolute Gasteiger partial charge is 0.449 e. The zero-order valence-electron chi connectivity index (χ0n) is 14.6. The van der Waals surface area contributed by atoms with Crippen LogP contribution in [0.15, 0.2) is 16.4 Å². The lowest BCUT2D eigenvalue weighted by molar-refractivity contribution is -0.138. The van der Waals surface area contributed by atoms with Crippen molar-refractivity contribution in [2.45, 2.75) is 24.7 Å². The van der Waals surface area contributed by atoms with Crippen molar-refractivity contribution in [3.05, 3.63) is 11.3 Å². The molecule has 10 heteroatoms. The first-order valence-electron chi connectivity index (χ1n) is 8.33. The molecule has 3 aliphatic heterocycles. The van der Waals surface area contributed by atoms with Gasteiger partial charge >= 0.3 is 6.09 Å². The van der Waals surface area contributed by atoms with Crippen molar-refractivity contribution in [1.82, 2.24) is 10.2 Å². The van der Waals surface area contributed by atoms with Crippen molar-refractivity contribution in [3.63, 3.8) is 0 Å². The van der Waals surface area contributed by atoms with E-state index in [1.165, 1.54) is 14.2 Å². The van der Waals surface area contributed by atoms with E-state index in [-0.39, 0.29) is 35.8 Å². The van der Waals surface area contributed by atoms with Gasteiger partial charge < -0.3 is 30.3 Å². The van der Waals surface area contributed by atoms with Crippen LogP contribution in [0, 0.1) is 11.8 Å². The fraction of sp³-hybridized carbons (Fsp3) is 0.625. The Kier molecular flexibility index (Phi) is 3.60. The van der Waals surface area contributed by atoms with Crippen LogP contribution in [0.4, 0.5) is 4.79 Å². The molecule has 4 aliphatic rings. The quantitative estimate of drug-likeness (QED) is 0.466. The van der Waals surface area contributed by atoms with Crippen LogP contribution in [0.25, 0.3) is 0 Å². The highest BCUT2D eigenvalue weighted by molar-refractivity contribution is 6.53. The van der Waals surface area contributed by atoms with Crippen LogP contribution in [0.3, 0.4) is 0 Å². The number of carbonyl (C=O) groups is 3. The van der Waals surface area contributed by atoms with Crippen molar-refractivity contribution >= 4 is 23.4 Å². The number of carbonyl (C=O) groups excluding carboxylic acids is 3. The normalized spacial score (nSPS) is 39.0. The van der Waals surface area contributed by atoms with Crippen LogP contribution >= 0.6 is 0 Å². The zero-order valence-corrected chi connectivity index (χ0v) is 14.6. The predicted molar refractivity (Wildman–Crippen MR) is 86.8 cm³/mol. The summed E-state index contributed by atoms with van der Waals surface area (Å²) in [6.45, 7) is 1.99. The maximum atomic E-state index is 13.1. The summed E-state index contributed by atoms with van der Waals surface area (Å²) in [6, 6.07) is 0.0885. The summed E-state index contributed by atoms with van der Waals surface area (Å²) in [5, 5.41) is 7.06. The number of Topliss-reactive ketones (excluding diaryl/α,β-unsaturated/α-hetero) is 2. The minimum absolute atomic E-state index is 0.0352. The van der Waals surface area contributed by atoms with E-state index in [9.17, 15) is 14.4 Å². The highest BCUT2D eigenvalue weighted by atomic mass is 16.6. The molecule has 5 atom stereocenters. The number of primary amides is 1. The third-order valence-electron chi connectivity index (χ3n) is 5.73. The molecule has 0 bridgehead atoms. The Labute approximate surface area is 149 Å².